The highest BCUT2D eigenvalue weighted by Gasteiger charge is 2.72. The molecule has 9 heteroatoms. The van der Waals surface area contributed by atoms with Crippen LogP contribution >= 0.6 is 0 Å². The highest BCUT2D eigenvalue weighted by molar-refractivity contribution is 7.89. The smallest absolute Gasteiger partial charge is 0.330 e. The molecule has 0 heterocycles. The number of nitrogens with one attached hydrogen (secondary N) is 2. The third kappa shape index (κ3) is 3.46. The molecule has 1 amide bonds. The molecule has 27 heavy (non-hydrogen) atoms. The number of sulfonamides is 1. The lowest BCUT2D eigenvalue weighted by Crippen LogP contribution is -2.79. The second kappa shape index (κ2) is 6.29. The van der Waals surface area contributed by atoms with Crippen LogP contribution in [0.1, 0.15) is 33.1 Å². The molecule has 0 saturated heterocycles. The molecule has 4 rings (SSSR count). The standard InChI is InChI=1S/C18H25N3O5S/c1-16(2,19)13(14(22)26-3)20-15(23)17-9-18(10-17,11-17)21-27(24,25)12-7-5-4-6-8-12/h4-8,13,21H,9-11,19H2,1-3H3,(H,20,23)/t13-,17?,18?/m0/s1. The number of rotatable bonds is 7. The van der Waals surface area contributed by atoms with Gasteiger partial charge in [0.15, 0.2) is 0 Å². The van der Waals surface area contributed by atoms with Gasteiger partial charge in [0, 0.05) is 11.1 Å². The minimum absolute atomic E-state index is 0.198. The largest absolute Gasteiger partial charge is 0.467 e. The Balaban J connectivity index is 1.64. The molecule has 2 bridgehead atoms. The number of carbonyl (C=O) groups is 2. The Hall–Kier alpha value is -1.97. The number of hydrogen-bond acceptors (Lipinski definition) is 6. The maximum atomic E-state index is 12.7. The molecule has 148 valence electrons. The van der Waals surface area contributed by atoms with Crippen LogP contribution in [0, 0.1) is 5.41 Å². The van der Waals surface area contributed by atoms with Crippen LogP contribution in [0.3, 0.4) is 0 Å². The monoisotopic (exact) mass is 395 g/mol. The van der Waals surface area contributed by atoms with Crippen molar-refractivity contribution >= 4 is 21.9 Å². The normalized spacial score (nSPS) is 27.7. The van der Waals surface area contributed by atoms with E-state index in [0.717, 1.165) is 0 Å². The van der Waals surface area contributed by atoms with Gasteiger partial charge < -0.3 is 15.8 Å². The lowest BCUT2D eigenvalue weighted by Gasteiger charge is -2.69. The van der Waals surface area contributed by atoms with Crippen molar-refractivity contribution in [2.24, 2.45) is 11.1 Å². The predicted octanol–water partition coefficient (Wildman–Crippen LogP) is 0.283. The predicted molar refractivity (Wildman–Crippen MR) is 98.0 cm³/mol. The van der Waals surface area contributed by atoms with Crippen LogP contribution in [-0.2, 0) is 24.3 Å². The second-order valence-corrected chi connectivity index (χ2v) is 9.94. The molecule has 3 fully saturated rings. The number of carbonyl (C=O) groups excluding carboxylic acids is 2. The fraction of sp³-hybridized carbons (Fsp3) is 0.556. The fourth-order valence-electron chi connectivity index (χ4n) is 4.03. The van der Waals surface area contributed by atoms with Gasteiger partial charge in [-0.05, 0) is 45.2 Å². The van der Waals surface area contributed by atoms with Gasteiger partial charge in [-0.1, -0.05) is 18.2 Å². The van der Waals surface area contributed by atoms with Gasteiger partial charge >= 0.3 is 5.97 Å². The van der Waals surface area contributed by atoms with Crippen molar-refractivity contribution in [1.29, 1.82) is 0 Å². The van der Waals surface area contributed by atoms with Crippen LogP contribution in [-0.4, -0.2) is 44.5 Å². The summed E-state index contributed by atoms with van der Waals surface area (Å²) in [6.45, 7) is 3.26. The zero-order chi connectivity index (χ0) is 20.1. The molecular formula is C18H25N3O5S. The maximum absolute atomic E-state index is 12.7. The number of amides is 1. The summed E-state index contributed by atoms with van der Waals surface area (Å²) in [6.07, 6.45) is 1.20. The summed E-state index contributed by atoms with van der Waals surface area (Å²) < 4.78 is 32.4. The Bertz CT molecular complexity index is 841. The molecule has 1 atom stereocenters. The lowest BCUT2D eigenvalue weighted by molar-refractivity contribution is -0.178. The van der Waals surface area contributed by atoms with Gasteiger partial charge in [-0.25, -0.2) is 17.9 Å². The number of methoxy groups -OCH3 is 1. The summed E-state index contributed by atoms with van der Waals surface area (Å²) in [5.74, 6) is -0.904. The summed E-state index contributed by atoms with van der Waals surface area (Å²) in [4.78, 5) is 24.8. The van der Waals surface area contributed by atoms with Crippen LogP contribution in [0.15, 0.2) is 35.2 Å². The van der Waals surface area contributed by atoms with E-state index in [4.69, 9.17) is 10.5 Å². The molecule has 4 N–H and O–H groups in total. The van der Waals surface area contributed by atoms with Crippen LogP contribution < -0.4 is 15.8 Å². The molecule has 1 aromatic carbocycles. The summed E-state index contributed by atoms with van der Waals surface area (Å²) in [5.41, 5.74) is 3.75. The Morgan fingerprint density at radius 1 is 1.19 bits per heavy atom. The van der Waals surface area contributed by atoms with Gasteiger partial charge in [0.25, 0.3) is 0 Å². The van der Waals surface area contributed by atoms with E-state index in [1.807, 2.05) is 0 Å². The molecule has 0 aliphatic heterocycles. The molecule has 0 radical (unpaired) electrons. The number of benzene rings is 1. The zero-order valence-electron chi connectivity index (χ0n) is 15.6. The fourth-order valence-corrected chi connectivity index (χ4v) is 5.45. The molecule has 0 spiro atoms. The highest BCUT2D eigenvalue weighted by Crippen LogP contribution is 2.67. The summed E-state index contributed by atoms with van der Waals surface area (Å²) in [6, 6.07) is 7.15. The first kappa shape index (κ1) is 19.8. The van der Waals surface area contributed by atoms with E-state index < -0.39 is 38.5 Å². The van der Waals surface area contributed by atoms with Gasteiger partial charge in [-0.2, -0.15) is 0 Å². The average Bonchev–Trinajstić information content (AvgIpc) is 2.53. The number of esters is 1. The van der Waals surface area contributed by atoms with Gasteiger partial charge in [-0.15, -0.1) is 0 Å². The molecule has 0 aromatic heterocycles. The molecule has 0 unspecified atom stereocenters. The summed E-state index contributed by atoms with van der Waals surface area (Å²) in [7, 11) is -2.40. The minimum Gasteiger partial charge on any atom is -0.467 e. The van der Waals surface area contributed by atoms with Crippen molar-refractivity contribution in [1.82, 2.24) is 10.0 Å². The van der Waals surface area contributed by atoms with E-state index in [0.29, 0.717) is 19.3 Å². The van der Waals surface area contributed by atoms with Gasteiger partial charge in [0.05, 0.1) is 17.4 Å². The van der Waals surface area contributed by atoms with E-state index in [1.165, 1.54) is 19.2 Å². The van der Waals surface area contributed by atoms with Crippen molar-refractivity contribution < 1.29 is 22.7 Å². The third-order valence-corrected chi connectivity index (χ3v) is 6.97. The molecule has 8 nitrogen and oxygen atoms in total. The van der Waals surface area contributed by atoms with Crippen LogP contribution in [0.5, 0.6) is 0 Å². The quantitative estimate of drug-likeness (QED) is 0.569. The lowest BCUT2D eigenvalue weighted by atomic mass is 9.39. The van der Waals surface area contributed by atoms with Crippen molar-refractivity contribution in [3.63, 3.8) is 0 Å². The first-order valence-electron chi connectivity index (χ1n) is 8.70. The van der Waals surface area contributed by atoms with Crippen molar-refractivity contribution in [2.75, 3.05) is 7.11 Å². The second-order valence-electron chi connectivity index (χ2n) is 8.26. The van der Waals surface area contributed by atoms with Crippen molar-refractivity contribution in [2.45, 2.75) is 55.1 Å². The topological polar surface area (TPSA) is 128 Å². The summed E-state index contributed by atoms with van der Waals surface area (Å²) in [5, 5.41) is 2.68. The Kier molecular flexibility index (Phi) is 4.61. The molecule has 3 aliphatic rings. The highest BCUT2D eigenvalue weighted by atomic mass is 32.2. The van der Waals surface area contributed by atoms with Crippen LogP contribution in [0.25, 0.3) is 0 Å². The van der Waals surface area contributed by atoms with E-state index in [1.54, 1.807) is 32.0 Å². The molecule has 1 aromatic rings. The van der Waals surface area contributed by atoms with Gasteiger partial charge in [-0.3, -0.25) is 4.79 Å². The van der Waals surface area contributed by atoms with Gasteiger partial charge in [0.2, 0.25) is 15.9 Å². The van der Waals surface area contributed by atoms with Crippen molar-refractivity contribution in [3.8, 4) is 0 Å². The van der Waals surface area contributed by atoms with Gasteiger partial charge in [0.1, 0.15) is 6.04 Å². The van der Waals surface area contributed by atoms with E-state index in [-0.39, 0.29) is 10.8 Å². The third-order valence-electron chi connectivity index (χ3n) is 5.37. The number of ether oxygens (including phenoxy) is 1. The van der Waals surface area contributed by atoms with E-state index in [9.17, 15) is 18.0 Å². The van der Waals surface area contributed by atoms with E-state index >= 15 is 0 Å². The average molecular weight is 395 g/mol. The van der Waals surface area contributed by atoms with Crippen molar-refractivity contribution in [3.05, 3.63) is 30.3 Å². The minimum atomic E-state index is -3.63. The van der Waals surface area contributed by atoms with Crippen LogP contribution in [0.4, 0.5) is 0 Å². The summed E-state index contributed by atoms with van der Waals surface area (Å²) >= 11 is 0. The first-order chi connectivity index (χ1) is 12.4. The SMILES string of the molecule is COC(=O)[C@H](NC(=O)C12CC(NS(=O)(=O)c3ccccc3)(C1)C2)C(C)(C)N. The Labute approximate surface area is 158 Å². The Morgan fingerprint density at radius 3 is 2.22 bits per heavy atom. The zero-order valence-corrected chi connectivity index (χ0v) is 16.4. The Morgan fingerprint density at radius 2 is 1.74 bits per heavy atom. The number of nitrogens with two attached hydrogens (primary N) is 1. The number of hydrogen-bond donors (Lipinski definition) is 3. The molecule has 3 aliphatic carbocycles. The van der Waals surface area contributed by atoms with E-state index in [2.05, 4.69) is 10.0 Å². The molecular weight excluding hydrogens is 370 g/mol. The first-order valence-corrected chi connectivity index (χ1v) is 10.2. The molecule has 3 saturated carbocycles. The maximum Gasteiger partial charge on any atom is 0.330 e. The van der Waals surface area contributed by atoms with Crippen LogP contribution in [0.2, 0.25) is 0 Å².